The van der Waals surface area contributed by atoms with Crippen molar-refractivity contribution in [3.05, 3.63) is 313 Å². The molecule has 0 bridgehead atoms. The minimum atomic E-state index is -1.31. The van der Waals surface area contributed by atoms with Crippen LogP contribution in [0.1, 0.15) is 78.8 Å². The van der Waals surface area contributed by atoms with Crippen molar-refractivity contribution in [1.82, 2.24) is 52.8 Å². The van der Waals surface area contributed by atoms with E-state index in [1.54, 1.807) is 58.8 Å². The molecule has 4 amide bonds. The Kier molecular flexibility index (Phi) is 48.0. The summed E-state index contributed by atoms with van der Waals surface area (Å²) in [5, 5.41) is 61.7. The van der Waals surface area contributed by atoms with Crippen LogP contribution in [0.5, 0.6) is 40.2 Å². The molecule has 37 nitrogen and oxygen atoms in total. The van der Waals surface area contributed by atoms with Gasteiger partial charge in [0.25, 0.3) is 62.5 Å². The number of nitrogens with two attached hydrogens (primary N) is 3. The van der Waals surface area contributed by atoms with E-state index < -0.39 is 63.2 Å². The van der Waals surface area contributed by atoms with Crippen LogP contribution in [0.2, 0.25) is 0 Å². The molecule has 0 spiro atoms. The second-order valence-electron chi connectivity index (χ2n) is 24.4. The fraction of sp³-hybridized carbons (Fsp3) is 0.228. The average molecular weight is 1990 g/mol. The molecule has 8 heterocycles. The summed E-state index contributed by atoms with van der Waals surface area (Å²) in [5.74, 6) is -5.45. The second kappa shape index (κ2) is 54.0. The summed E-state index contributed by atoms with van der Waals surface area (Å²) in [6.07, 6.45) is 10.2. The van der Waals surface area contributed by atoms with Crippen molar-refractivity contribution in [2.75, 3.05) is 51.6 Å². The molecule has 1 radical (unpaired) electrons. The number of carbonyl (C=O) groups excluding carboxylic acids is 4. The maximum absolute atomic E-state index is 12.7. The van der Waals surface area contributed by atoms with Crippen molar-refractivity contribution >= 4 is 63.9 Å². The number of ether oxygens (including phenoxy) is 3. The van der Waals surface area contributed by atoms with Crippen LogP contribution in [0, 0.1) is 87.3 Å². The summed E-state index contributed by atoms with van der Waals surface area (Å²) >= 11 is 6.67. The van der Waals surface area contributed by atoms with E-state index in [1.807, 2.05) is 91.0 Å². The number of thiocarbonyl (C=S) groups is 1. The number of nitrogens with one attached hydrogen (secondary N) is 3. The third-order valence-electron chi connectivity index (χ3n) is 15.9. The molecule has 1 aliphatic heterocycles. The summed E-state index contributed by atoms with van der Waals surface area (Å²) in [7, 11) is 10.8. The fourth-order valence-electron chi connectivity index (χ4n) is 9.47. The van der Waals surface area contributed by atoms with Crippen LogP contribution in [-0.4, -0.2) is 164 Å². The molecule has 120 heavy (non-hydrogen) atoms. The molecule has 1 saturated heterocycles. The van der Waals surface area contributed by atoms with Crippen LogP contribution in [0.25, 0.3) is 0 Å². The minimum Gasteiger partial charge on any atom is -0.503 e. The molecule has 1 fully saturated rings. The molecular formula is C79H93Gd2N14O23S2+2. The van der Waals surface area contributed by atoms with Crippen molar-refractivity contribution in [2.45, 2.75) is 19.8 Å². The Labute approximate surface area is 759 Å². The SMILES string of the molecule is Cn1ccc(C(=O)N2CCSC2=S)c(OCc2ccccc2)c1=O.Cn1ccc(C(=O)NCCN)c(O)c1=O.Cn1ccc(C(=O)NCCN)c(O)c1=O.Cn1ccc(C(=O)NCCN)c(OCc2ccccc2)c1=O.Cn1ccc(C(=O)O)c(O)c1=O.Cn1ccc(C(=O)O)c(OCc2ccccc2)c1=O.Cn1cccc(O)c1=O.O.[CH3-].[Gd+3].[Gd]. The van der Waals surface area contributed by atoms with E-state index in [9.17, 15) is 72.5 Å². The summed E-state index contributed by atoms with van der Waals surface area (Å²) in [4.78, 5) is 151. The quantitative estimate of drug-likeness (QED) is 0.0360. The minimum absolute atomic E-state index is 0. The number of aromatic carboxylic acids is 2. The number of carboxylic acids is 2. The largest absolute Gasteiger partial charge is 3.00 e. The zero-order valence-electron chi connectivity index (χ0n) is 66.1. The molecule has 0 aliphatic carbocycles. The Balaban J connectivity index is 0.000000709. The van der Waals surface area contributed by atoms with Crippen LogP contribution in [0.4, 0.5) is 0 Å². The van der Waals surface area contributed by atoms with Gasteiger partial charge in [0.05, 0.1) is 22.3 Å². The molecule has 10 aromatic rings. The zero-order chi connectivity index (χ0) is 85.9. The van der Waals surface area contributed by atoms with Gasteiger partial charge in [-0.15, -0.1) is 0 Å². The Morgan fingerprint density at radius 3 is 1.00 bits per heavy atom. The molecule has 3 aromatic carbocycles. The number of aryl methyl sites for hydroxylation is 7. The number of nitrogens with zero attached hydrogens (tertiary/aromatic N) is 8. The number of carboxylic acid groups (broad SMARTS) is 2. The Morgan fingerprint density at radius 2 is 0.683 bits per heavy atom. The molecule has 0 unspecified atom stereocenters. The number of aromatic hydroxyl groups is 4. The first-order chi connectivity index (χ1) is 55.2. The zero-order valence-corrected chi connectivity index (χ0v) is 72.3. The van der Waals surface area contributed by atoms with Gasteiger partial charge in [0.1, 0.15) is 35.3 Å². The normalized spacial score (nSPS) is 10.5. The van der Waals surface area contributed by atoms with Gasteiger partial charge < -0.3 is 123 Å². The van der Waals surface area contributed by atoms with Crippen molar-refractivity contribution in [3.63, 3.8) is 0 Å². The number of amides is 4. The molecular weight excluding hydrogens is 1890 g/mol. The van der Waals surface area contributed by atoms with Gasteiger partial charge in [0, 0.05) is 184 Å². The van der Waals surface area contributed by atoms with E-state index in [1.165, 1.54) is 127 Å². The molecule has 11 rings (SSSR count). The summed E-state index contributed by atoms with van der Waals surface area (Å²) < 4.78 is 26.1. The van der Waals surface area contributed by atoms with Crippen LogP contribution in [-0.2, 0) is 69.2 Å². The summed E-state index contributed by atoms with van der Waals surface area (Å²) in [6.45, 7) is 3.02. The number of aromatic nitrogens is 7. The van der Waals surface area contributed by atoms with Crippen LogP contribution in [0.15, 0.2) is 216 Å². The number of pyridine rings is 7. The standard InChI is InChI=1S/C17H16N2O3S2.C16H19N3O3.C14H13NO4.2C9H13N3O3.C7H7NO4.C6H7NO2.CH3.2Gd.H2O/c1-18-8-7-13(15(20)19-9-10-24-17(19)23)14(16(18)21)22-11-12-5-3-2-4-6-12;1-19-10-7-13(15(20)18-9-8-17)14(16(19)21)22-11-12-5-3-2-4-6-12;1-15-8-7-11(14(17)18)12(13(15)16)19-9-10-5-3-2-4-6-10;2*1-12-5-2-6(7(13)9(12)15)8(14)11-4-3-10;1-8-3-2-4(7(11)12)5(9)6(8)10;1-7-4-2-3-5(8)6(7)9;;;;/h2-8H,9-11H2,1H3;2-7,10H,8-9,11,17H2,1H3,(H,18,20);2-8H,9H2,1H3,(H,17,18);2*2,5,13H,3-4,10H2,1H3,(H,11,14);2-3,9H,1H3,(H,11,12);2-4,8H,1H3;1H3;;;1H2/q;;;;;;;-1;;+3;. The average Bonchev–Trinajstić information content (AvgIpc) is 1.56. The molecule has 1 aliphatic rings. The van der Waals surface area contributed by atoms with Gasteiger partial charge in [-0.2, -0.15) is 0 Å². The first-order valence-corrected chi connectivity index (χ1v) is 36.1. The van der Waals surface area contributed by atoms with Gasteiger partial charge in [-0.05, 0) is 65.2 Å². The third-order valence-corrected chi connectivity index (χ3v) is 17.3. The van der Waals surface area contributed by atoms with E-state index in [0.29, 0.717) is 50.1 Å². The molecule has 7 aromatic heterocycles. The molecule has 0 saturated carbocycles. The van der Waals surface area contributed by atoms with Gasteiger partial charge >= 0.3 is 51.9 Å². The molecule has 643 valence electrons. The van der Waals surface area contributed by atoms with Gasteiger partial charge in [0.15, 0.2) is 40.2 Å². The second-order valence-corrected chi connectivity index (χ2v) is 26.1. The number of hydrogen-bond donors (Lipinski definition) is 12. The predicted octanol–water partition coefficient (Wildman–Crippen LogP) is 1.82. The Morgan fingerprint density at radius 1 is 0.400 bits per heavy atom. The first-order valence-electron chi connectivity index (χ1n) is 34.7. The number of rotatable bonds is 21. The van der Waals surface area contributed by atoms with Gasteiger partial charge in [-0.1, -0.05) is 115 Å². The van der Waals surface area contributed by atoms with E-state index in [4.69, 9.17) is 64.1 Å². The van der Waals surface area contributed by atoms with Crippen molar-refractivity contribution < 1.29 is 159 Å². The molecule has 0 atom stereocenters. The molecule has 41 heteroatoms. The van der Waals surface area contributed by atoms with Crippen LogP contribution < -0.4 is 86.3 Å². The number of thioether (sulfide) groups is 1. The monoisotopic (exact) mass is 1990 g/mol. The number of benzene rings is 3. The van der Waals surface area contributed by atoms with E-state index in [0.717, 1.165) is 27.0 Å². The smallest absolute Gasteiger partial charge is 0.503 e. The van der Waals surface area contributed by atoms with Gasteiger partial charge in [-0.3, -0.25) is 57.6 Å². The van der Waals surface area contributed by atoms with Crippen molar-refractivity contribution in [3.8, 4) is 40.2 Å². The third kappa shape index (κ3) is 31.7. The van der Waals surface area contributed by atoms with Gasteiger partial charge in [-0.25, -0.2) is 9.59 Å². The van der Waals surface area contributed by atoms with Crippen molar-refractivity contribution in [2.24, 2.45) is 66.5 Å². The topological polar surface area (TPSA) is 554 Å². The number of carbonyl (C=O) groups is 6. The maximum atomic E-state index is 12.7. The van der Waals surface area contributed by atoms with Crippen molar-refractivity contribution in [1.29, 1.82) is 0 Å². The predicted molar refractivity (Wildman–Crippen MR) is 445 cm³/mol. The van der Waals surface area contributed by atoms with E-state index in [-0.39, 0.29) is 197 Å². The Hall–Kier alpha value is -11.3. The Bertz CT molecular complexity index is 5450. The van der Waals surface area contributed by atoms with Crippen LogP contribution >= 0.6 is 24.0 Å². The summed E-state index contributed by atoms with van der Waals surface area (Å²) in [6, 6.07) is 39.6. The van der Waals surface area contributed by atoms with E-state index >= 15 is 0 Å². The fourth-order valence-corrected chi connectivity index (χ4v) is 10.7. The first kappa shape index (κ1) is 107. The van der Waals surface area contributed by atoms with Gasteiger partial charge in [0.2, 0.25) is 0 Å². The van der Waals surface area contributed by atoms with Crippen LogP contribution in [0.3, 0.4) is 0 Å². The summed E-state index contributed by atoms with van der Waals surface area (Å²) in [5.41, 5.74) is 14.9. The maximum Gasteiger partial charge on any atom is 3.00 e. The molecule has 17 N–H and O–H groups in total. The van der Waals surface area contributed by atoms with E-state index in [2.05, 4.69) is 16.0 Å². The number of hydrogen-bond acceptors (Lipinski definition) is 25.